The quantitative estimate of drug-likeness (QED) is 0.870. The fourth-order valence-corrected chi connectivity index (χ4v) is 2.46. The van der Waals surface area contributed by atoms with Gasteiger partial charge in [0.15, 0.2) is 0 Å². The Morgan fingerprint density at radius 3 is 2.44 bits per heavy atom. The van der Waals surface area contributed by atoms with Crippen LogP contribution in [0.4, 0.5) is 0 Å². The molecule has 0 aliphatic heterocycles. The van der Waals surface area contributed by atoms with Crippen molar-refractivity contribution in [2.24, 2.45) is 5.73 Å². The highest BCUT2D eigenvalue weighted by Crippen LogP contribution is 2.22. The molecule has 0 saturated heterocycles. The Morgan fingerprint density at radius 2 is 1.89 bits per heavy atom. The molecular formula is C14H19N3S. The summed E-state index contributed by atoms with van der Waals surface area (Å²) in [5, 5.41) is 6.65. The van der Waals surface area contributed by atoms with Gasteiger partial charge in [0.2, 0.25) is 0 Å². The highest BCUT2D eigenvalue weighted by molar-refractivity contribution is 7.09. The third-order valence-electron chi connectivity index (χ3n) is 2.96. The zero-order valence-corrected chi connectivity index (χ0v) is 11.6. The van der Waals surface area contributed by atoms with Crippen molar-refractivity contribution in [1.82, 2.24) is 10.3 Å². The highest BCUT2D eigenvalue weighted by Gasteiger charge is 2.22. The summed E-state index contributed by atoms with van der Waals surface area (Å²) in [7, 11) is 0. The number of nitrogens with one attached hydrogen (secondary N) is 1. The van der Waals surface area contributed by atoms with Crippen molar-refractivity contribution in [3.8, 4) is 0 Å². The van der Waals surface area contributed by atoms with Crippen molar-refractivity contribution in [3.63, 3.8) is 0 Å². The molecule has 1 heterocycles. The summed E-state index contributed by atoms with van der Waals surface area (Å²) < 4.78 is 0. The van der Waals surface area contributed by atoms with Gasteiger partial charge in [-0.15, -0.1) is 11.3 Å². The third-order valence-corrected chi connectivity index (χ3v) is 4.06. The normalized spacial score (nSPS) is 11.7. The standard InChI is InChI=1S/C14H19N3S/c1-14(2,13-16-7-8-18-13)17-10-12-5-3-11(9-15)4-6-12/h3-8,17H,9-10,15H2,1-2H3. The first-order valence-corrected chi connectivity index (χ1v) is 6.92. The van der Waals surface area contributed by atoms with Crippen LogP contribution in [0.5, 0.6) is 0 Å². The van der Waals surface area contributed by atoms with Gasteiger partial charge in [-0.3, -0.25) is 0 Å². The van der Waals surface area contributed by atoms with Crippen molar-refractivity contribution in [3.05, 3.63) is 52.0 Å². The molecule has 0 spiro atoms. The van der Waals surface area contributed by atoms with Crippen molar-refractivity contribution in [1.29, 1.82) is 0 Å². The van der Waals surface area contributed by atoms with Gasteiger partial charge >= 0.3 is 0 Å². The minimum Gasteiger partial charge on any atom is -0.326 e. The number of nitrogens with zero attached hydrogens (tertiary/aromatic N) is 1. The third kappa shape index (κ3) is 3.16. The lowest BCUT2D eigenvalue weighted by atomic mass is 10.1. The lowest BCUT2D eigenvalue weighted by Gasteiger charge is -2.24. The number of benzene rings is 1. The minimum absolute atomic E-state index is 0.0965. The van der Waals surface area contributed by atoms with Crippen LogP contribution in [0, 0.1) is 0 Å². The molecule has 96 valence electrons. The van der Waals surface area contributed by atoms with Crippen LogP contribution in [0.15, 0.2) is 35.8 Å². The van der Waals surface area contributed by atoms with Crippen molar-refractivity contribution in [2.75, 3.05) is 0 Å². The second kappa shape index (κ2) is 5.61. The summed E-state index contributed by atoms with van der Waals surface area (Å²) in [6.07, 6.45) is 1.85. The van der Waals surface area contributed by atoms with E-state index in [-0.39, 0.29) is 5.54 Å². The molecule has 0 aliphatic rings. The monoisotopic (exact) mass is 261 g/mol. The average Bonchev–Trinajstić information content (AvgIpc) is 2.92. The Hall–Kier alpha value is -1.23. The SMILES string of the molecule is CC(C)(NCc1ccc(CN)cc1)c1nccs1. The molecule has 0 bridgehead atoms. The molecule has 1 aromatic carbocycles. The number of thiazole rings is 1. The van der Waals surface area contributed by atoms with Crippen LogP contribution in [-0.2, 0) is 18.6 Å². The van der Waals surface area contributed by atoms with Gasteiger partial charge in [0.1, 0.15) is 5.01 Å². The van der Waals surface area contributed by atoms with Crippen LogP contribution in [0.2, 0.25) is 0 Å². The number of hydrogen-bond donors (Lipinski definition) is 2. The van der Waals surface area contributed by atoms with Crippen molar-refractivity contribution >= 4 is 11.3 Å². The molecule has 0 radical (unpaired) electrons. The molecule has 0 saturated carbocycles. The van der Waals surface area contributed by atoms with Gasteiger partial charge in [0.25, 0.3) is 0 Å². The van der Waals surface area contributed by atoms with Gasteiger partial charge < -0.3 is 11.1 Å². The van der Waals surface area contributed by atoms with Gasteiger partial charge in [-0.05, 0) is 25.0 Å². The van der Waals surface area contributed by atoms with Gasteiger partial charge in [-0.1, -0.05) is 24.3 Å². The van der Waals surface area contributed by atoms with E-state index in [0.29, 0.717) is 6.54 Å². The van der Waals surface area contributed by atoms with E-state index in [1.54, 1.807) is 11.3 Å². The molecule has 3 nitrogen and oxygen atoms in total. The molecule has 18 heavy (non-hydrogen) atoms. The van der Waals surface area contributed by atoms with E-state index in [2.05, 4.69) is 48.4 Å². The van der Waals surface area contributed by atoms with Crippen LogP contribution < -0.4 is 11.1 Å². The molecule has 2 rings (SSSR count). The molecule has 3 N–H and O–H groups in total. The largest absolute Gasteiger partial charge is 0.326 e. The van der Waals surface area contributed by atoms with Gasteiger partial charge in [-0.25, -0.2) is 4.98 Å². The molecular weight excluding hydrogens is 242 g/mol. The van der Waals surface area contributed by atoms with Crippen LogP contribution in [0.3, 0.4) is 0 Å². The Kier molecular flexibility index (Phi) is 4.11. The van der Waals surface area contributed by atoms with Gasteiger partial charge in [0, 0.05) is 24.7 Å². The summed E-state index contributed by atoms with van der Waals surface area (Å²) in [5.74, 6) is 0. The molecule has 0 unspecified atom stereocenters. The fraction of sp³-hybridized carbons (Fsp3) is 0.357. The van der Waals surface area contributed by atoms with Crippen LogP contribution >= 0.6 is 11.3 Å². The van der Waals surface area contributed by atoms with E-state index in [4.69, 9.17) is 5.73 Å². The summed E-state index contributed by atoms with van der Waals surface area (Å²) in [6, 6.07) is 8.39. The maximum Gasteiger partial charge on any atom is 0.112 e. The van der Waals surface area contributed by atoms with E-state index < -0.39 is 0 Å². The average molecular weight is 261 g/mol. The maximum absolute atomic E-state index is 5.58. The molecule has 0 aliphatic carbocycles. The Morgan fingerprint density at radius 1 is 1.22 bits per heavy atom. The van der Waals surface area contributed by atoms with E-state index in [1.807, 2.05) is 11.6 Å². The Balaban J connectivity index is 1.98. The van der Waals surface area contributed by atoms with E-state index in [0.717, 1.165) is 17.1 Å². The van der Waals surface area contributed by atoms with Crippen LogP contribution in [-0.4, -0.2) is 4.98 Å². The first kappa shape index (κ1) is 13.2. The number of hydrogen-bond acceptors (Lipinski definition) is 4. The molecule has 2 aromatic rings. The van der Waals surface area contributed by atoms with E-state index in [9.17, 15) is 0 Å². The first-order chi connectivity index (χ1) is 8.62. The fourth-order valence-electron chi connectivity index (χ4n) is 1.72. The van der Waals surface area contributed by atoms with Crippen molar-refractivity contribution < 1.29 is 0 Å². The highest BCUT2D eigenvalue weighted by atomic mass is 32.1. The topological polar surface area (TPSA) is 50.9 Å². The number of rotatable bonds is 5. The zero-order valence-electron chi connectivity index (χ0n) is 10.8. The lowest BCUT2D eigenvalue weighted by Crippen LogP contribution is -2.35. The Labute approximate surface area is 112 Å². The Bertz CT molecular complexity index is 474. The minimum atomic E-state index is -0.0965. The predicted molar refractivity (Wildman–Crippen MR) is 76.3 cm³/mol. The summed E-state index contributed by atoms with van der Waals surface area (Å²) in [5.41, 5.74) is 7.91. The summed E-state index contributed by atoms with van der Waals surface area (Å²) >= 11 is 1.68. The molecule has 1 aromatic heterocycles. The number of nitrogens with two attached hydrogens (primary N) is 1. The van der Waals surface area contributed by atoms with Gasteiger partial charge in [0.05, 0.1) is 5.54 Å². The molecule has 0 atom stereocenters. The number of aromatic nitrogens is 1. The molecule has 0 amide bonds. The summed E-state index contributed by atoms with van der Waals surface area (Å²) in [6.45, 7) is 5.73. The zero-order chi connectivity index (χ0) is 13.0. The van der Waals surface area contributed by atoms with Crippen LogP contribution in [0.1, 0.15) is 30.0 Å². The summed E-state index contributed by atoms with van der Waals surface area (Å²) in [4.78, 5) is 4.37. The van der Waals surface area contributed by atoms with Crippen LogP contribution in [0.25, 0.3) is 0 Å². The van der Waals surface area contributed by atoms with E-state index in [1.165, 1.54) is 5.56 Å². The van der Waals surface area contributed by atoms with Gasteiger partial charge in [-0.2, -0.15) is 0 Å². The molecule has 4 heteroatoms. The predicted octanol–water partition coefficient (Wildman–Crippen LogP) is 2.63. The second-order valence-electron chi connectivity index (χ2n) is 4.84. The smallest absolute Gasteiger partial charge is 0.112 e. The van der Waals surface area contributed by atoms with E-state index >= 15 is 0 Å². The first-order valence-electron chi connectivity index (χ1n) is 6.05. The second-order valence-corrected chi connectivity index (χ2v) is 5.73. The molecule has 0 fully saturated rings. The maximum atomic E-state index is 5.58. The lowest BCUT2D eigenvalue weighted by molar-refractivity contribution is 0.399. The van der Waals surface area contributed by atoms with Crippen molar-refractivity contribution in [2.45, 2.75) is 32.5 Å².